The van der Waals surface area contributed by atoms with Gasteiger partial charge < -0.3 is 20.1 Å². The lowest BCUT2D eigenvalue weighted by Gasteiger charge is -2.30. The normalized spacial score (nSPS) is 15.2. The SMILES string of the molecule is CN1CCC(Nc2cccc3c2cc(C#CCNC(=O)c2ccc(C(C)(C)C)nc2)n3CC(F)(F)F)CC1. The molecule has 0 aliphatic carbocycles. The zero-order valence-electron chi connectivity index (χ0n) is 22.2. The van der Waals surface area contributed by atoms with Crippen molar-refractivity contribution in [1.82, 2.24) is 19.8 Å². The molecule has 38 heavy (non-hydrogen) atoms. The van der Waals surface area contributed by atoms with Crippen LogP contribution in [0.1, 0.15) is 55.4 Å². The van der Waals surface area contributed by atoms with Crippen LogP contribution in [0.15, 0.2) is 42.6 Å². The van der Waals surface area contributed by atoms with E-state index < -0.39 is 12.7 Å². The standard InChI is InChI=1S/C29H34F3N5O/c1-28(2,3)26-11-10-20(18-34-26)27(38)33-14-6-7-22-17-23-24(35-21-12-15-36(4)16-13-21)8-5-9-25(23)37(22)19-29(30,31)32/h5,8-11,17-18,21,35H,12-16,19H2,1-4H3,(H,33,38). The van der Waals surface area contributed by atoms with Crippen molar-refractivity contribution in [2.24, 2.45) is 0 Å². The second-order valence-electron chi connectivity index (χ2n) is 10.9. The van der Waals surface area contributed by atoms with Crippen LogP contribution in [-0.2, 0) is 12.0 Å². The van der Waals surface area contributed by atoms with Gasteiger partial charge in [0.05, 0.1) is 23.3 Å². The number of hydrogen-bond acceptors (Lipinski definition) is 4. The summed E-state index contributed by atoms with van der Waals surface area (Å²) in [6.07, 6.45) is -0.947. The van der Waals surface area contributed by atoms with Gasteiger partial charge in [-0.25, -0.2) is 0 Å². The van der Waals surface area contributed by atoms with Gasteiger partial charge in [0.25, 0.3) is 5.91 Å². The Bertz CT molecular complexity index is 1340. The first-order chi connectivity index (χ1) is 17.9. The van der Waals surface area contributed by atoms with Gasteiger partial charge in [0, 0.05) is 34.4 Å². The molecule has 0 atom stereocenters. The lowest BCUT2D eigenvalue weighted by atomic mass is 9.91. The number of nitrogens with one attached hydrogen (secondary N) is 2. The second kappa shape index (κ2) is 11.1. The van der Waals surface area contributed by atoms with E-state index in [1.54, 1.807) is 24.3 Å². The Morgan fingerprint density at radius 3 is 2.50 bits per heavy atom. The molecule has 1 saturated heterocycles. The molecule has 0 unspecified atom stereocenters. The average molecular weight is 526 g/mol. The fourth-order valence-corrected chi connectivity index (χ4v) is 4.57. The molecule has 0 saturated carbocycles. The Morgan fingerprint density at radius 1 is 1.13 bits per heavy atom. The van der Waals surface area contributed by atoms with Gasteiger partial charge in [-0.1, -0.05) is 32.8 Å². The van der Waals surface area contributed by atoms with Gasteiger partial charge in [0.1, 0.15) is 6.54 Å². The van der Waals surface area contributed by atoms with Crippen LogP contribution in [0.4, 0.5) is 18.9 Å². The van der Waals surface area contributed by atoms with Crippen LogP contribution in [0.5, 0.6) is 0 Å². The second-order valence-corrected chi connectivity index (χ2v) is 10.9. The highest BCUT2D eigenvalue weighted by molar-refractivity contribution is 5.95. The van der Waals surface area contributed by atoms with E-state index in [1.807, 2.05) is 32.9 Å². The van der Waals surface area contributed by atoms with Gasteiger partial charge in [-0.2, -0.15) is 13.2 Å². The van der Waals surface area contributed by atoms with Crippen LogP contribution in [0.3, 0.4) is 0 Å². The average Bonchev–Trinajstić information content (AvgIpc) is 3.19. The number of rotatable bonds is 5. The highest BCUT2D eigenvalue weighted by atomic mass is 19.4. The number of fused-ring (bicyclic) bond motifs is 1. The largest absolute Gasteiger partial charge is 0.406 e. The zero-order chi connectivity index (χ0) is 27.5. The minimum absolute atomic E-state index is 0.00586. The van der Waals surface area contributed by atoms with Crippen molar-refractivity contribution in [3.05, 3.63) is 59.5 Å². The molecule has 1 amide bonds. The number of anilines is 1. The van der Waals surface area contributed by atoms with Gasteiger partial charge in [-0.15, -0.1) is 0 Å². The number of amides is 1. The highest BCUT2D eigenvalue weighted by Crippen LogP contribution is 2.31. The van der Waals surface area contributed by atoms with Gasteiger partial charge in [-0.05, 0) is 69.2 Å². The maximum atomic E-state index is 13.5. The monoisotopic (exact) mass is 525 g/mol. The number of nitrogens with zero attached hydrogens (tertiary/aromatic N) is 3. The predicted octanol–water partition coefficient (Wildman–Crippen LogP) is 5.18. The number of pyridine rings is 1. The lowest BCUT2D eigenvalue weighted by molar-refractivity contribution is -0.140. The molecule has 9 heteroatoms. The summed E-state index contributed by atoms with van der Waals surface area (Å²) in [6.45, 7) is 6.91. The molecule has 1 aromatic carbocycles. The lowest BCUT2D eigenvalue weighted by Crippen LogP contribution is -2.36. The summed E-state index contributed by atoms with van der Waals surface area (Å²) < 4.78 is 41.6. The van der Waals surface area contributed by atoms with E-state index >= 15 is 0 Å². The molecule has 2 N–H and O–H groups in total. The third kappa shape index (κ3) is 6.87. The van der Waals surface area contributed by atoms with Crippen molar-refractivity contribution >= 4 is 22.5 Å². The molecule has 6 nitrogen and oxygen atoms in total. The zero-order valence-corrected chi connectivity index (χ0v) is 22.2. The molecular weight excluding hydrogens is 491 g/mol. The summed E-state index contributed by atoms with van der Waals surface area (Å²) >= 11 is 0. The Kier molecular flexibility index (Phi) is 8.02. The predicted molar refractivity (Wildman–Crippen MR) is 144 cm³/mol. The molecule has 0 bridgehead atoms. The number of carbonyl (C=O) groups is 1. The van der Waals surface area contributed by atoms with Crippen LogP contribution < -0.4 is 10.6 Å². The van der Waals surface area contributed by atoms with E-state index in [9.17, 15) is 18.0 Å². The summed E-state index contributed by atoms with van der Waals surface area (Å²) in [4.78, 5) is 19.1. The molecule has 3 heterocycles. The van der Waals surface area contributed by atoms with Gasteiger partial charge in [0.15, 0.2) is 0 Å². The number of aromatic nitrogens is 2. The summed E-state index contributed by atoms with van der Waals surface area (Å²) in [5.74, 6) is 5.32. The molecule has 2 aromatic heterocycles. The molecule has 0 spiro atoms. The summed E-state index contributed by atoms with van der Waals surface area (Å²) in [6, 6.07) is 10.8. The maximum absolute atomic E-state index is 13.5. The number of carbonyl (C=O) groups excluding carboxylic acids is 1. The molecule has 0 radical (unpaired) electrons. The first-order valence-electron chi connectivity index (χ1n) is 12.8. The van der Waals surface area contributed by atoms with Crippen LogP contribution in [0.2, 0.25) is 0 Å². The number of hydrogen-bond donors (Lipinski definition) is 2. The molecule has 1 fully saturated rings. The van der Waals surface area contributed by atoms with Gasteiger partial charge in [0.2, 0.25) is 0 Å². The fourth-order valence-electron chi connectivity index (χ4n) is 4.57. The van der Waals surface area contributed by atoms with E-state index in [1.165, 1.54) is 10.8 Å². The fraction of sp³-hybridized carbons (Fsp3) is 0.448. The highest BCUT2D eigenvalue weighted by Gasteiger charge is 2.30. The van der Waals surface area contributed by atoms with Crippen molar-refractivity contribution in [2.45, 2.75) is 57.8 Å². The van der Waals surface area contributed by atoms with Crippen LogP contribution in [0, 0.1) is 11.8 Å². The van der Waals surface area contributed by atoms with Crippen LogP contribution in [-0.4, -0.2) is 59.3 Å². The molecule has 1 aliphatic rings. The summed E-state index contributed by atoms with van der Waals surface area (Å²) in [5, 5.41) is 6.93. The Balaban J connectivity index is 1.52. The molecule has 3 aromatic rings. The van der Waals surface area contributed by atoms with Crippen LogP contribution in [0.25, 0.3) is 10.9 Å². The van der Waals surface area contributed by atoms with E-state index in [0.29, 0.717) is 16.5 Å². The van der Waals surface area contributed by atoms with Crippen molar-refractivity contribution in [2.75, 3.05) is 32.0 Å². The van der Waals surface area contributed by atoms with Gasteiger partial charge in [-0.3, -0.25) is 9.78 Å². The Hall–Kier alpha value is -3.51. The number of benzene rings is 1. The smallest absolute Gasteiger partial charge is 0.382 e. The van der Waals surface area contributed by atoms with E-state index in [4.69, 9.17) is 0 Å². The van der Waals surface area contributed by atoms with E-state index in [2.05, 4.69) is 39.4 Å². The Labute approximate surface area is 221 Å². The third-order valence-electron chi connectivity index (χ3n) is 6.71. The van der Waals surface area contributed by atoms with E-state index in [-0.39, 0.29) is 29.6 Å². The minimum Gasteiger partial charge on any atom is -0.382 e. The Morgan fingerprint density at radius 2 is 1.87 bits per heavy atom. The minimum atomic E-state index is -4.40. The van der Waals surface area contributed by atoms with Crippen LogP contribution >= 0.6 is 0 Å². The number of alkyl halides is 3. The number of piperidine rings is 1. The summed E-state index contributed by atoms with van der Waals surface area (Å²) in [5.41, 5.74) is 2.67. The molecule has 1 aliphatic heterocycles. The topological polar surface area (TPSA) is 62.2 Å². The molecule has 4 rings (SSSR count). The van der Waals surface area contributed by atoms with Crippen molar-refractivity contribution in [3.63, 3.8) is 0 Å². The first kappa shape index (κ1) is 27.5. The molecular formula is C29H34F3N5O. The number of halogens is 3. The molecule has 202 valence electrons. The quantitative estimate of drug-likeness (QED) is 0.451. The first-order valence-corrected chi connectivity index (χ1v) is 12.8. The number of likely N-dealkylation sites (tertiary alicyclic amines) is 1. The third-order valence-corrected chi connectivity index (χ3v) is 6.71. The summed E-state index contributed by atoms with van der Waals surface area (Å²) in [7, 11) is 2.08. The van der Waals surface area contributed by atoms with Crippen molar-refractivity contribution < 1.29 is 18.0 Å². The van der Waals surface area contributed by atoms with Crippen molar-refractivity contribution in [1.29, 1.82) is 0 Å². The van der Waals surface area contributed by atoms with Gasteiger partial charge >= 0.3 is 6.18 Å². The maximum Gasteiger partial charge on any atom is 0.406 e. The van der Waals surface area contributed by atoms with Crippen molar-refractivity contribution in [3.8, 4) is 11.8 Å². The van der Waals surface area contributed by atoms with E-state index in [0.717, 1.165) is 37.3 Å².